The third kappa shape index (κ3) is 4.97. The van der Waals surface area contributed by atoms with Gasteiger partial charge in [-0.15, -0.1) is 0 Å². The molecule has 0 saturated carbocycles. The topological polar surface area (TPSA) is 58.9 Å². The Morgan fingerprint density at radius 1 is 0.917 bits per heavy atom. The van der Waals surface area contributed by atoms with Crippen LogP contribution in [0.3, 0.4) is 0 Å². The second-order valence-corrected chi connectivity index (χ2v) is 15.8. The van der Waals surface area contributed by atoms with Gasteiger partial charge in [-0.3, -0.25) is 0 Å². The first kappa shape index (κ1) is 26.5. The van der Waals surface area contributed by atoms with E-state index in [1.165, 1.54) is 10.4 Å². The molecule has 4 nitrogen and oxygen atoms in total. The molecule has 0 fully saturated rings. The first-order valence-corrected chi connectivity index (χ1v) is 14.8. The Balaban J connectivity index is 1.88. The molecular formula is C31H40O4Si. The van der Waals surface area contributed by atoms with Crippen molar-refractivity contribution < 1.29 is 19.4 Å². The molecule has 0 bridgehead atoms. The summed E-state index contributed by atoms with van der Waals surface area (Å²) in [4.78, 5) is 0. The second-order valence-electron chi connectivity index (χ2n) is 11.6. The third-order valence-electron chi connectivity index (χ3n) is 7.46. The van der Waals surface area contributed by atoms with E-state index in [9.17, 15) is 10.2 Å². The average Bonchev–Trinajstić information content (AvgIpc) is 2.82. The zero-order valence-electron chi connectivity index (χ0n) is 22.4. The highest BCUT2D eigenvalue weighted by Crippen LogP contribution is 2.45. The van der Waals surface area contributed by atoms with Gasteiger partial charge in [0.2, 0.25) is 0 Å². The highest BCUT2D eigenvalue weighted by molar-refractivity contribution is 7.00. The van der Waals surface area contributed by atoms with Crippen LogP contribution in [0.5, 0.6) is 11.5 Å². The Morgan fingerprint density at radius 2 is 1.47 bits per heavy atom. The molecule has 3 aromatic carbocycles. The lowest BCUT2D eigenvalue weighted by Gasteiger charge is -2.44. The van der Waals surface area contributed by atoms with Crippen molar-refractivity contribution in [2.75, 3.05) is 6.61 Å². The highest BCUT2D eigenvalue weighted by atomic mass is 28.4. The van der Waals surface area contributed by atoms with Gasteiger partial charge in [-0.1, -0.05) is 81.4 Å². The molecule has 1 aliphatic rings. The summed E-state index contributed by atoms with van der Waals surface area (Å²) in [5, 5.41) is 22.8. The number of hydrogen-bond donors (Lipinski definition) is 2. The molecule has 0 spiro atoms. The summed E-state index contributed by atoms with van der Waals surface area (Å²) in [6.45, 7) is 12.5. The van der Waals surface area contributed by atoms with Crippen LogP contribution in [0.2, 0.25) is 5.04 Å². The molecule has 1 aliphatic heterocycles. The van der Waals surface area contributed by atoms with Gasteiger partial charge in [0.05, 0.1) is 5.60 Å². The number of aliphatic hydroxyl groups excluding tert-OH is 1. The summed E-state index contributed by atoms with van der Waals surface area (Å²) in [5.41, 5.74) is 1.08. The lowest BCUT2D eigenvalue weighted by Crippen LogP contribution is -2.68. The van der Waals surface area contributed by atoms with Crippen LogP contribution in [0.1, 0.15) is 64.5 Å². The molecule has 5 heteroatoms. The van der Waals surface area contributed by atoms with Crippen LogP contribution >= 0.6 is 0 Å². The SMILES string of the molecule is Cc1cc2c(cc1O[Si](c1ccccc1)(c1ccccc1)C(C)(C)C)[C@@H](CCO)C[C@@H](C(C)(C)O)O2. The van der Waals surface area contributed by atoms with Crippen LogP contribution in [-0.4, -0.2) is 36.8 Å². The van der Waals surface area contributed by atoms with Gasteiger partial charge in [0, 0.05) is 12.2 Å². The quantitative estimate of drug-likeness (QED) is 0.428. The minimum absolute atomic E-state index is 0.0808. The molecule has 2 N–H and O–H groups in total. The zero-order valence-corrected chi connectivity index (χ0v) is 23.4. The summed E-state index contributed by atoms with van der Waals surface area (Å²) in [5.74, 6) is 1.72. The van der Waals surface area contributed by atoms with E-state index in [4.69, 9.17) is 9.16 Å². The number of aliphatic hydroxyl groups is 2. The lowest BCUT2D eigenvalue weighted by atomic mass is 9.82. The van der Waals surface area contributed by atoms with Crippen LogP contribution < -0.4 is 19.5 Å². The Bertz CT molecular complexity index is 1120. The van der Waals surface area contributed by atoms with Crippen molar-refractivity contribution in [1.29, 1.82) is 0 Å². The largest absolute Gasteiger partial charge is 0.534 e. The third-order valence-corrected chi connectivity index (χ3v) is 12.4. The Kier molecular flexibility index (Phi) is 7.38. The van der Waals surface area contributed by atoms with Crippen molar-refractivity contribution >= 4 is 18.7 Å². The molecule has 1 heterocycles. The van der Waals surface area contributed by atoms with Crippen LogP contribution in [0.15, 0.2) is 72.8 Å². The molecule has 3 aromatic rings. The Hall–Kier alpha value is -2.60. The fourth-order valence-electron chi connectivity index (χ4n) is 5.47. The number of aryl methyl sites for hydroxylation is 1. The molecule has 192 valence electrons. The van der Waals surface area contributed by atoms with E-state index >= 15 is 0 Å². The van der Waals surface area contributed by atoms with Crippen molar-refractivity contribution in [2.24, 2.45) is 0 Å². The maximum atomic E-state index is 10.7. The molecule has 36 heavy (non-hydrogen) atoms. The summed E-state index contributed by atoms with van der Waals surface area (Å²) >= 11 is 0. The van der Waals surface area contributed by atoms with Crippen molar-refractivity contribution in [1.82, 2.24) is 0 Å². The summed E-state index contributed by atoms with van der Waals surface area (Å²) in [6, 6.07) is 25.4. The van der Waals surface area contributed by atoms with Crippen molar-refractivity contribution in [2.45, 2.75) is 77.0 Å². The van der Waals surface area contributed by atoms with E-state index in [1.807, 2.05) is 6.07 Å². The van der Waals surface area contributed by atoms with Gasteiger partial charge in [0.25, 0.3) is 0 Å². The van der Waals surface area contributed by atoms with E-state index < -0.39 is 13.9 Å². The maximum Gasteiger partial charge on any atom is 0.319 e. The predicted molar refractivity (Wildman–Crippen MR) is 149 cm³/mol. The monoisotopic (exact) mass is 504 g/mol. The Labute approximate surface area is 217 Å². The smallest absolute Gasteiger partial charge is 0.319 e. The first-order valence-electron chi connectivity index (χ1n) is 12.9. The van der Waals surface area contributed by atoms with Crippen LogP contribution in [0.4, 0.5) is 0 Å². The first-order chi connectivity index (χ1) is 17.0. The number of rotatable bonds is 7. The molecular weight excluding hydrogens is 464 g/mol. The maximum absolute atomic E-state index is 10.7. The van der Waals surface area contributed by atoms with Gasteiger partial charge in [0.1, 0.15) is 17.6 Å². The normalized spacial score (nSPS) is 18.3. The van der Waals surface area contributed by atoms with E-state index in [0.29, 0.717) is 12.8 Å². The minimum Gasteiger partial charge on any atom is -0.534 e. The number of benzene rings is 3. The van der Waals surface area contributed by atoms with Crippen LogP contribution in [0, 0.1) is 6.92 Å². The molecule has 0 saturated heterocycles. The molecule has 0 aliphatic carbocycles. The lowest BCUT2D eigenvalue weighted by molar-refractivity contribution is -0.0481. The van der Waals surface area contributed by atoms with Gasteiger partial charge in [-0.05, 0) is 72.6 Å². The standard InChI is InChI=1S/C31H40O4Si/c1-22-19-28-26(23(17-18-32)20-29(34-28)31(5,6)33)21-27(22)35-36(30(2,3)4,24-13-9-7-10-14-24)25-15-11-8-12-16-25/h7-16,19,21,23,29,32-33H,17-18,20H2,1-6H3/t23-,29-/m0/s1. The fourth-order valence-corrected chi connectivity index (χ4v) is 9.95. The number of hydrogen-bond acceptors (Lipinski definition) is 4. The second kappa shape index (κ2) is 10.0. The van der Waals surface area contributed by atoms with E-state index in [2.05, 4.69) is 94.4 Å². The molecule has 2 atom stereocenters. The average molecular weight is 505 g/mol. The Morgan fingerprint density at radius 3 is 1.94 bits per heavy atom. The number of fused-ring (bicyclic) bond motifs is 1. The van der Waals surface area contributed by atoms with E-state index in [-0.39, 0.29) is 23.7 Å². The summed E-state index contributed by atoms with van der Waals surface area (Å²) < 4.78 is 13.6. The van der Waals surface area contributed by atoms with Crippen LogP contribution in [-0.2, 0) is 0 Å². The molecule has 0 radical (unpaired) electrons. The van der Waals surface area contributed by atoms with Crippen LogP contribution in [0.25, 0.3) is 0 Å². The van der Waals surface area contributed by atoms with Crippen molar-refractivity contribution in [3.05, 3.63) is 83.9 Å². The fraction of sp³-hybridized carbons (Fsp3) is 0.419. The predicted octanol–water partition coefficient (Wildman–Crippen LogP) is 5.32. The molecule has 4 rings (SSSR count). The van der Waals surface area contributed by atoms with Gasteiger partial charge >= 0.3 is 8.32 Å². The molecule has 0 aromatic heterocycles. The summed E-state index contributed by atoms with van der Waals surface area (Å²) in [7, 11) is -2.78. The zero-order chi connectivity index (χ0) is 26.1. The minimum atomic E-state index is -2.78. The summed E-state index contributed by atoms with van der Waals surface area (Å²) in [6.07, 6.45) is 0.938. The van der Waals surface area contributed by atoms with Gasteiger partial charge in [-0.25, -0.2) is 0 Å². The van der Waals surface area contributed by atoms with Crippen molar-refractivity contribution in [3.8, 4) is 11.5 Å². The van der Waals surface area contributed by atoms with Gasteiger partial charge < -0.3 is 19.4 Å². The highest BCUT2D eigenvalue weighted by Gasteiger charge is 2.52. The van der Waals surface area contributed by atoms with Crippen molar-refractivity contribution in [3.63, 3.8) is 0 Å². The number of ether oxygens (including phenoxy) is 1. The molecule has 0 unspecified atom stereocenters. The van der Waals surface area contributed by atoms with E-state index in [0.717, 1.165) is 22.6 Å². The van der Waals surface area contributed by atoms with Gasteiger partial charge in [0.15, 0.2) is 0 Å². The van der Waals surface area contributed by atoms with Gasteiger partial charge in [-0.2, -0.15) is 0 Å². The van der Waals surface area contributed by atoms with E-state index in [1.54, 1.807) is 13.8 Å². The molecule has 0 amide bonds.